The molecule has 0 aliphatic carbocycles. The van der Waals surface area contributed by atoms with Crippen LogP contribution in [0.1, 0.15) is 72.1 Å². The number of aliphatic hydroxyl groups excluding tert-OH is 1. The zero-order chi connectivity index (χ0) is 13.8. The molecule has 0 heterocycles. The number of aliphatic hydroxyl groups is 1. The first-order valence-electron chi connectivity index (χ1n) is 7.54. The largest absolute Gasteiger partial charge is 0.393 e. The van der Waals surface area contributed by atoms with Gasteiger partial charge in [-0.1, -0.05) is 59.3 Å². The van der Waals surface area contributed by atoms with E-state index < -0.39 is 6.10 Å². The molecule has 0 aromatic rings. The molecule has 0 aromatic heterocycles. The highest BCUT2D eigenvalue weighted by Crippen LogP contribution is 2.09. The molecule has 0 fully saturated rings. The van der Waals surface area contributed by atoms with Gasteiger partial charge in [0.1, 0.15) is 0 Å². The Morgan fingerprint density at radius 3 is 2.44 bits per heavy atom. The van der Waals surface area contributed by atoms with Crippen LogP contribution in [0.3, 0.4) is 0 Å². The summed E-state index contributed by atoms with van der Waals surface area (Å²) in [6.07, 6.45) is 7.54. The van der Waals surface area contributed by atoms with Crippen molar-refractivity contribution < 1.29 is 9.90 Å². The minimum absolute atomic E-state index is 0.0173. The summed E-state index contributed by atoms with van der Waals surface area (Å²) >= 11 is 0. The molecule has 2 N–H and O–H groups in total. The van der Waals surface area contributed by atoms with Crippen LogP contribution in [-0.4, -0.2) is 23.7 Å². The van der Waals surface area contributed by atoms with Crippen LogP contribution in [0.2, 0.25) is 0 Å². The Hall–Kier alpha value is -0.570. The van der Waals surface area contributed by atoms with E-state index in [9.17, 15) is 9.90 Å². The van der Waals surface area contributed by atoms with Crippen molar-refractivity contribution in [1.29, 1.82) is 0 Å². The highest BCUT2D eigenvalue weighted by atomic mass is 16.3. The summed E-state index contributed by atoms with van der Waals surface area (Å²) in [5.41, 5.74) is 0. The van der Waals surface area contributed by atoms with Crippen LogP contribution in [-0.2, 0) is 4.79 Å². The quantitative estimate of drug-likeness (QED) is 0.558. The summed E-state index contributed by atoms with van der Waals surface area (Å²) in [6.45, 7) is 7.14. The summed E-state index contributed by atoms with van der Waals surface area (Å²) in [6, 6.07) is 0. The molecule has 0 aromatic carbocycles. The summed E-state index contributed by atoms with van der Waals surface area (Å²) in [5.74, 6) is 0.497. The maximum absolute atomic E-state index is 11.5. The first-order chi connectivity index (χ1) is 8.60. The average molecular weight is 257 g/mol. The molecule has 0 spiro atoms. The molecule has 0 bridgehead atoms. The molecule has 0 aliphatic heterocycles. The third-order valence-corrected chi connectivity index (χ3v) is 3.41. The van der Waals surface area contributed by atoms with E-state index in [1.807, 2.05) is 0 Å². The number of hydrogen-bond donors (Lipinski definition) is 2. The molecule has 108 valence electrons. The van der Waals surface area contributed by atoms with E-state index in [0.29, 0.717) is 5.92 Å². The standard InChI is InChI=1S/C15H31NO2/c1-4-6-7-8-9-10-14(17)11-15(18)16-12-13(3)5-2/h13-14,17H,4-12H2,1-3H3,(H,16,18)/t13-,14?/m0/s1. The van der Waals surface area contributed by atoms with Crippen molar-refractivity contribution in [2.75, 3.05) is 6.54 Å². The van der Waals surface area contributed by atoms with Crippen LogP contribution in [0.5, 0.6) is 0 Å². The minimum Gasteiger partial charge on any atom is -0.393 e. The third-order valence-electron chi connectivity index (χ3n) is 3.41. The van der Waals surface area contributed by atoms with Crippen LogP contribution < -0.4 is 5.32 Å². The van der Waals surface area contributed by atoms with Gasteiger partial charge in [0.05, 0.1) is 12.5 Å². The number of nitrogens with one attached hydrogen (secondary N) is 1. The summed E-state index contributed by atoms with van der Waals surface area (Å²) < 4.78 is 0. The Bertz CT molecular complexity index is 207. The third kappa shape index (κ3) is 10.6. The van der Waals surface area contributed by atoms with Crippen LogP contribution in [0.15, 0.2) is 0 Å². The highest BCUT2D eigenvalue weighted by molar-refractivity contribution is 5.76. The average Bonchev–Trinajstić information content (AvgIpc) is 2.35. The number of amides is 1. The van der Waals surface area contributed by atoms with Crippen molar-refractivity contribution >= 4 is 5.91 Å². The smallest absolute Gasteiger partial charge is 0.222 e. The van der Waals surface area contributed by atoms with Gasteiger partial charge in [-0.25, -0.2) is 0 Å². The molecule has 2 atom stereocenters. The van der Waals surface area contributed by atoms with E-state index in [2.05, 4.69) is 26.1 Å². The molecule has 0 radical (unpaired) electrons. The predicted octanol–water partition coefficient (Wildman–Crippen LogP) is 3.26. The fraction of sp³-hybridized carbons (Fsp3) is 0.933. The van der Waals surface area contributed by atoms with Gasteiger partial charge in [0, 0.05) is 6.54 Å². The van der Waals surface area contributed by atoms with Crippen molar-refractivity contribution in [3.63, 3.8) is 0 Å². The van der Waals surface area contributed by atoms with Crippen LogP contribution in [0.4, 0.5) is 0 Å². The lowest BCUT2D eigenvalue weighted by Crippen LogP contribution is -2.30. The number of rotatable bonds is 11. The molecule has 0 aliphatic rings. The first kappa shape index (κ1) is 17.4. The van der Waals surface area contributed by atoms with E-state index in [1.165, 1.54) is 25.7 Å². The Morgan fingerprint density at radius 1 is 1.17 bits per heavy atom. The molecule has 1 amide bonds. The van der Waals surface area contributed by atoms with Gasteiger partial charge < -0.3 is 10.4 Å². The van der Waals surface area contributed by atoms with Crippen molar-refractivity contribution in [3.05, 3.63) is 0 Å². The lowest BCUT2D eigenvalue weighted by atomic mass is 10.1. The summed E-state index contributed by atoms with van der Waals surface area (Å²) in [5, 5.41) is 12.6. The van der Waals surface area contributed by atoms with E-state index in [4.69, 9.17) is 0 Å². The second-order valence-corrected chi connectivity index (χ2v) is 5.38. The molecule has 0 saturated heterocycles. The highest BCUT2D eigenvalue weighted by Gasteiger charge is 2.10. The van der Waals surface area contributed by atoms with Crippen LogP contribution in [0, 0.1) is 5.92 Å². The van der Waals surface area contributed by atoms with Gasteiger partial charge in [-0.15, -0.1) is 0 Å². The molecule has 1 unspecified atom stereocenters. The Morgan fingerprint density at radius 2 is 1.83 bits per heavy atom. The fourth-order valence-corrected chi connectivity index (χ4v) is 1.80. The molecule has 3 heteroatoms. The number of carbonyl (C=O) groups is 1. The topological polar surface area (TPSA) is 49.3 Å². The van der Waals surface area contributed by atoms with Gasteiger partial charge in [0.25, 0.3) is 0 Å². The second-order valence-electron chi connectivity index (χ2n) is 5.38. The molecule has 18 heavy (non-hydrogen) atoms. The van der Waals surface area contributed by atoms with Gasteiger partial charge in [-0.3, -0.25) is 4.79 Å². The van der Waals surface area contributed by atoms with Crippen LogP contribution >= 0.6 is 0 Å². The van der Waals surface area contributed by atoms with E-state index >= 15 is 0 Å². The normalized spacial score (nSPS) is 14.2. The summed E-state index contributed by atoms with van der Waals surface area (Å²) in [4.78, 5) is 11.5. The van der Waals surface area contributed by atoms with Crippen molar-refractivity contribution in [2.45, 2.75) is 78.2 Å². The fourth-order valence-electron chi connectivity index (χ4n) is 1.80. The minimum atomic E-state index is -0.469. The lowest BCUT2D eigenvalue weighted by Gasteiger charge is -2.13. The Labute approximate surface area is 112 Å². The van der Waals surface area contributed by atoms with Crippen molar-refractivity contribution in [2.24, 2.45) is 5.92 Å². The lowest BCUT2D eigenvalue weighted by molar-refractivity contribution is -0.123. The molecule has 0 rings (SSSR count). The van der Waals surface area contributed by atoms with Gasteiger partial charge in [0.2, 0.25) is 5.91 Å². The van der Waals surface area contributed by atoms with Crippen molar-refractivity contribution in [1.82, 2.24) is 5.32 Å². The summed E-state index contributed by atoms with van der Waals surface area (Å²) in [7, 11) is 0. The van der Waals surface area contributed by atoms with Crippen molar-refractivity contribution in [3.8, 4) is 0 Å². The second kappa shape index (κ2) is 11.5. The van der Waals surface area contributed by atoms with E-state index in [-0.39, 0.29) is 12.3 Å². The van der Waals surface area contributed by atoms with E-state index in [0.717, 1.165) is 25.8 Å². The molecular weight excluding hydrogens is 226 g/mol. The maximum Gasteiger partial charge on any atom is 0.222 e. The molecule has 0 saturated carbocycles. The number of carbonyl (C=O) groups excluding carboxylic acids is 1. The number of unbranched alkanes of at least 4 members (excludes halogenated alkanes) is 4. The zero-order valence-electron chi connectivity index (χ0n) is 12.4. The van der Waals surface area contributed by atoms with Gasteiger partial charge in [-0.2, -0.15) is 0 Å². The molecule has 3 nitrogen and oxygen atoms in total. The number of hydrogen-bond acceptors (Lipinski definition) is 2. The zero-order valence-corrected chi connectivity index (χ0v) is 12.4. The van der Waals surface area contributed by atoms with Gasteiger partial charge in [0.15, 0.2) is 0 Å². The van der Waals surface area contributed by atoms with E-state index in [1.54, 1.807) is 0 Å². The van der Waals surface area contributed by atoms with Crippen LogP contribution in [0.25, 0.3) is 0 Å². The van der Waals surface area contributed by atoms with Gasteiger partial charge >= 0.3 is 0 Å². The Balaban J connectivity index is 3.49. The maximum atomic E-state index is 11.5. The SMILES string of the molecule is CCCCCCCC(O)CC(=O)NC[C@@H](C)CC. The molecular formula is C15H31NO2. The monoisotopic (exact) mass is 257 g/mol. The predicted molar refractivity (Wildman–Crippen MR) is 76.5 cm³/mol. The Kier molecular flexibility index (Phi) is 11.2. The first-order valence-corrected chi connectivity index (χ1v) is 7.54. The van der Waals surface area contributed by atoms with Gasteiger partial charge in [-0.05, 0) is 12.3 Å².